The highest BCUT2D eigenvalue weighted by Crippen LogP contribution is 2.36. The van der Waals surface area contributed by atoms with E-state index in [9.17, 15) is 24.2 Å². The summed E-state index contributed by atoms with van der Waals surface area (Å²) in [5.74, 6) is -0.00773. The quantitative estimate of drug-likeness (QED) is 0.439. The highest BCUT2D eigenvalue weighted by Gasteiger charge is 2.40. The number of amides is 2. The van der Waals surface area contributed by atoms with Crippen LogP contribution in [-0.4, -0.2) is 142 Å². The summed E-state index contributed by atoms with van der Waals surface area (Å²) in [6.07, 6.45) is -0.803. The van der Waals surface area contributed by atoms with Crippen molar-refractivity contribution in [2.24, 2.45) is 0 Å². The maximum Gasteiger partial charge on any atom is 0.407 e. The zero-order valence-corrected chi connectivity index (χ0v) is 27.7. The summed E-state index contributed by atoms with van der Waals surface area (Å²) in [6.45, 7) is 12.8. The summed E-state index contributed by atoms with van der Waals surface area (Å²) in [6, 6.07) is 8.03. The van der Waals surface area contributed by atoms with Crippen molar-refractivity contribution in [3.63, 3.8) is 0 Å². The molecule has 1 unspecified atom stereocenters. The van der Waals surface area contributed by atoms with Gasteiger partial charge in [-0.3, -0.25) is 19.5 Å². The SMILES string of the molecule is CC1COc2nc(CN3CC(O)C3)c(Cc3ccc(F)cc3)cc2N1C(=O)CN1C[C@@H](C)N(C(=O)O)C[C@@H]1CN1[C@H](C)COC[C@H]1C. The maximum absolute atomic E-state index is 14.3. The van der Waals surface area contributed by atoms with Crippen molar-refractivity contribution in [1.82, 2.24) is 24.6 Å². The summed E-state index contributed by atoms with van der Waals surface area (Å²) >= 11 is 0. The highest BCUT2D eigenvalue weighted by atomic mass is 19.1. The van der Waals surface area contributed by atoms with E-state index in [-0.39, 0.29) is 54.6 Å². The van der Waals surface area contributed by atoms with Gasteiger partial charge in [0.15, 0.2) is 0 Å². The number of β-amino-alcohol motifs (C(OH)–C–C–N with tert-alkyl or cyclic N) is 1. The molecule has 5 heterocycles. The van der Waals surface area contributed by atoms with Crippen LogP contribution < -0.4 is 9.64 Å². The first-order valence-corrected chi connectivity index (χ1v) is 16.7. The fourth-order valence-electron chi connectivity index (χ4n) is 7.36. The summed E-state index contributed by atoms with van der Waals surface area (Å²) < 4.78 is 25.5. The van der Waals surface area contributed by atoms with E-state index < -0.39 is 6.09 Å². The predicted molar refractivity (Wildman–Crippen MR) is 173 cm³/mol. The Balaban J connectivity index is 1.27. The lowest BCUT2D eigenvalue weighted by atomic mass is 10.0. The van der Waals surface area contributed by atoms with Gasteiger partial charge in [-0.2, -0.15) is 0 Å². The number of aliphatic hydroxyl groups excluding tert-OH is 1. The molecule has 0 spiro atoms. The number of nitrogens with zero attached hydrogens (tertiary/aromatic N) is 6. The lowest BCUT2D eigenvalue weighted by molar-refractivity contribution is -0.122. The monoisotopic (exact) mass is 654 g/mol. The number of fused-ring (bicyclic) bond motifs is 1. The lowest BCUT2D eigenvalue weighted by Crippen LogP contribution is -2.65. The van der Waals surface area contributed by atoms with Crippen LogP contribution in [0.15, 0.2) is 30.3 Å². The fourth-order valence-corrected chi connectivity index (χ4v) is 7.36. The van der Waals surface area contributed by atoms with Crippen LogP contribution in [0.2, 0.25) is 0 Å². The van der Waals surface area contributed by atoms with E-state index in [4.69, 9.17) is 14.5 Å². The number of anilines is 1. The van der Waals surface area contributed by atoms with E-state index in [2.05, 4.69) is 28.5 Å². The van der Waals surface area contributed by atoms with E-state index in [0.717, 1.165) is 16.8 Å². The summed E-state index contributed by atoms with van der Waals surface area (Å²) in [7, 11) is 0. The molecule has 6 rings (SSSR count). The normalized spacial score (nSPS) is 27.7. The molecule has 47 heavy (non-hydrogen) atoms. The average molecular weight is 655 g/mol. The highest BCUT2D eigenvalue weighted by molar-refractivity contribution is 5.97. The van der Waals surface area contributed by atoms with Crippen LogP contribution >= 0.6 is 0 Å². The molecule has 2 aromatic rings. The molecular formula is C34H47FN6O6. The zero-order chi connectivity index (χ0) is 33.4. The second-order valence-corrected chi connectivity index (χ2v) is 13.8. The van der Waals surface area contributed by atoms with Crippen molar-refractivity contribution in [2.45, 2.75) is 77.0 Å². The number of piperazine rings is 1. The number of carbonyl (C=O) groups is 2. The van der Waals surface area contributed by atoms with Gasteiger partial charge in [0.05, 0.1) is 37.6 Å². The van der Waals surface area contributed by atoms with Crippen molar-refractivity contribution in [1.29, 1.82) is 0 Å². The molecule has 0 aliphatic carbocycles. The topological polar surface area (TPSA) is 122 Å². The van der Waals surface area contributed by atoms with Gasteiger partial charge in [0, 0.05) is 63.4 Å². The molecule has 3 fully saturated rings. The van der Waals surface area contributed by atoms with Gasteiger partial charge in [0.25, 0.3) is 0 Å². The maximum atomic E-state index is 14.3. The molecule has 1 aromatic heterocycles. The number of morpholine rings is 1. The molecule has 5 atom stereocenters. The van der Waals surface area contributed by atoms with Crippen LogP contribution in [0.3, 0.4) is 0 Å². The third-order valence-corrected chi connectivity index (χ3v) is 10.00. The number of aliphatic hydroxyl groups is 1. The minimum absolute atomic E-state index is 0.0979. The molecule has 2 amide bonds. The number of hydrogen-bond donors (Lipinski definition) is 2. The van der Waals surface area contributed by atoms with Crippen LogP contribution in [0.5, 0.6) is 5.88 Å². The average Bonchev–Trinajstić information content (AvgIpc) is 3.00. The number of hydrogen-bond acceptors (Lipinski definition) is 9. The molecule has 2 N–H and O–H groups in total. The molecule has 4 aliphatic rings. The van der Waals surface area contributed by atoms with Crippen LogP contribution in [0, 0.1) is 5.82 Å². The van der Waals surface area contributed by atoms with Gasteiger partial charge in [0.2, 0.25) is 11.8 Å². The van der Waals surface area contributed by atoms with Gasteiger partial charge in [-0.1, -0.05) is 12.1 Å². The second-order valence-electron chi connectivity index (χ2n) is 13.8. The van der Waals surface area contributed by atoms with Crippen molar-refractivity contribution in [3.8, 4) is 5.88 Å². The Kier molecular flexibility index (Phi) is 10.00. The Labute approximate surface area is 275 Å². The molecule has 256 valence electrons. The minimum atomic E-state index is -0.949. The predicted octanol–water partition coefficient (Wildman–Crippen LogP) is 2.26. The number of rotatable bonds is 8. The zero-order valence-electron chi connectivity index (χ0n) is 27.7. The van der Waals surface area contributed by atoms with Crippen molar-refractivity contribution >= 4 is 17.7 Å². The van der Waals surface area contributed by atoms with Gasteiger partial charge in [0.1, 0.15) is 18.1 Å². The van der Waals surface area contributed by atoms with Crippen LogP contribution in [0.1, 0.15) is 44.5 Å². The Morgan fingerprint density at radius 1 is 0.957 bits per heavy atom. The molecular weight excluding hydrogens is 607 g/mol. The third-order valence-electron chi connectivity index (χ3n) is 10.00. The first-order chi connectivity index (χ1) is 22.5. The van der Waals surface area contributed by atoms with Crippen LogP contribution in [0.4, 0.5) is 14.9 Å². The Hall–Kier alpha value is -3.36. The molecule has 12 nitrogen and oxygen atoms in total. The van der Waals surface area contributed by atoms with E-state index in [1.54, 1.807) is 17.0 Å². The Morgan fingerprint density at radius 3 is 2.32 bits per heavy atom. The largest absolute Gasteiger partial charge is 0.474 e. The summed E-state index contributed by atoms with van der Waals surface area (Å²) in [5, 5.41) is 19.8. The Bertz CT molecular complexity index is 1430. The molecule has 13 heteroatoms. The number of benzene rings is 1. The number of pyridine rings is 1. The van der Waals surface area contributed by atoms with Crippen LogP contribution in [0.25, 0.3) is 0 Å². The van der Waals surface area contributed by atoms with E-state index >= 15 is 0 Å². The lowest BCUT2D eigenvalue weighted by Gasteiger charge is -2.48. The third kappa shape index (κ3) is 7.39. The molecule has 1 aromatic carbocycles. The first-order valence-electron chi connectivity index (χ1n) is 16.7. The van der Waals surface area contributed by atoms with Crippen molar-refractivity contribution in [3.05, 3.63) is 53.0 Å². The van der Waals surface area contributed by atoms with Gasteiger partial charge in [-0.05, 0) is 63.4 Å². The standard InChI is InChI=1S/C34H47FN6O6/c1-21-11-38(28(13-40(21)34(44)45)12-39-22(2)18-46-19-23(39)3)17-32(43)41-24(4)20-47-33-31(41)10-26(9-25-5-7-27(35)8-6-25)30(36-33)16-37-14-29(42)15-37/h5-8,10,21-24,28-29,42H,9,11-20H2,1-4H3,(H,44,45)/t21-,22-,23-,24?,28+/m1/s1. The van der Waals surface area contributed by atoms with Crippen molar-refractivity contribution < 1.29 is 33.7 Å². The molecule has 3 saturated heterocycles. The number of halogens is 1. The van der Waals surface area contributed by atoms with Crippen LogP contribution in [-0.2, 0) is 22.5 Å². The van der Waals surface area contributed by atoms with E-state index in [0.29, 0.717) is 77.1 Å². The van der Waals surface area contributed by atoms with E-state index in [1.807, 2.05) is 19.9 Å². The molecule has 0 radical (unpaired) electrons. The number of ether oxygens (including phenoxy) is 2. The molecule has 0 saturated carbocycles. The number of carboxylic acid groups (broad SMARTS) is 1. The Morgan fingerprint density at radius 2 is 1.66 bits per heavy atom. The molecule has 4 aliphatic heterocycles. The number of carbonyl (C=O) groups excluding carboxylic acids is 1. The smallest absolute Gasteiger partial charge is 0.407 e. The summed E-state index contributed by atoms with van der Waals surface area (Å²) in [5.41, 5.74) is 3.22. The summed E-state index contributed by atoms with van der Waals surface area (Å²) in [4.78, 5) is 41.3. The van der Waals surface area contributed by atoms with Crippen molar-refractivity contribution in [2.75, 3.05) is 64.0 Å². The van der Waals surface area contributed by atoms with Gasteiger partial charge in [-0.15, -0.1) is 0 Å². The second kappa shape index (κ2) is 14.0. The number of aromatic nitrogens is 1. The fraction of sp³-hybridized carbons (Fsp3) is 0.618. The van der Waals surface area contributed by atoms with E-state index in [1.165, 1.54) is 17.0 Å². The van der Waals surface area contributed by atoms with Gasteiger partial charge in [-0.25, -0.2) is 14.2 Å². The van der Waals surface area contributed by atoms with Gasteiger partial charge < -0.3 is 29.5 Å². The first kappa shape index (κ1) is 33.5. The molecule has 0 bridgehead atoms. The minimum Gasteiger partial charge on any atom is -0.474 e. The van der Waals surface area contributed by atoms with Gasteiger partial charge >= 0.3 is 6.09 Å². The number of likely N-dealkylation sites (tertiary alicyclic amines) is 1.